The minimum atomic E-state index is -0.0188. The molecule has 29 heavy (non-hydrogen) atoms. The monoisotopic (exact) mass is 391 g/mol. The van der Waals surface area contributed by atoms with Crippen LogP contribution in [-0.2, 0) is 11.2 Å². The van der Waals surface area contributed by atoms with E-state index < -0.39 is 0 Å². The van der Waals surface area contributed by atoms with Gasteiger partial charge in [0.15, 0.2) is 5.82 Å². The van der Waals surface area contributed by atoms with Crippen molar-refractivity contribution in [1.82, 2.24) is 24.4 Å². The maximum atomic E-state index is 12.9. The number of benzene rings is 1. The van der Waals surface area contributed by atoms with Crippen LogP contribution in [-0.4, -0.2) is 44.0 Å². The topological polar surface area (TPSA) is 73.1 Å². The minimum absolute atomic E-state index is 0.0188. The quantitative estimate of drug-likeness (QED) is 0.645. The molecule has 0 unspecified atom stereocenters. The van der Waals surface area contributed by atoms with Crippen molar-refractivity contribution in [1.29, 1.82) is 0 Å². The number of aryl methyl sites for hydroxylation is 2. The molecule has 0 spiro atoms. The highest BCUT2D eigenvalue weighted by atomic mass is 16.5. The normalized spacial score (nSPS) is 16.2. The summed E-state index contributed by atoms with van der Waals surface area (Å²) in [6.45, 7) is 2.70. The molecule has 1 fully saturated rings. The fraction of sp³-hybridized carbons (Fsp3) is 0.364. The van der Waals surface area contributed by atoms with E-state index in [0.717, 1.165) is 48.0 Å². The van der Waals surface area contributed by atoms with Gasteiger partial charge < -0.3 is 9.64 Å². The molecule has 7 nitrogen and oxygen atoms in total. The third-order valence-electron chi connectivity index (χ3n) is 5.41. The predicted molar refractivity (Wildman–Crippen MR) is 109 cm³/mol. The van der Waals surface area contributed by atoms with Gasteiger partial charge in [-0.3, -0.25) is 14.3 Å². The second-order valence-corrected chi connectivity index (χ2v) is 7.24. The summed E-state index contributed by atoms with van der Waals surface area (Å²) in [4.78, 5) is 28.3. The van der Waals surface area contributed by atoms with Gasteiger partial charge >= 0.3 is 0 Å². The number of ether oxygens (including phenoxy) is 1. The van der Waals surface area contributed by atoms with Crippen molar-refractivity contribution in [3.8, 4) is 11.6 Å². The number of hydrogen-bond donors (Lipinski definition) is 0. The first-order valence-electron chi connectivity index (χ1n) is 9.90. The Hall–Kier alpha value is -3.22. The van der Waals surface area contributed by atoms with Gasteiger partial charge in [0.1, 0.15) is 11.6 Å². The molecule has 1 aliphatic heterocycles. The number of nitrogens with zero attached hydrogens (tertiary/aromatic N) is 5. The number of amides is 1. The van der Waals surface area contributed by atoms with Crippen LogP contribution in [0.4, 0.5) is 0 Å². The van der Waals surface area contributed by atoms with E-state index in [2.05, 4.69) is 9.97 Å². The Balaban J connectivity index is 1.46. The fourth-order valence-electron chi connectivity index (χ4n) is 3.83. The van der Waals surface area contributed by atoms with Gasteiger partial charge in [0.05, 0.1) is 31.2 Å². The maximum Gasteiger partial charge on any atom is 0.223 e. The molecule has 150 valence electrons. The van der Waals surface area contributed by atoms with Crippen molar-refractivity contribution >= 4 is 5.91 Å². The second kappa shape index (κ2) is 8.43. The minimum Gasteiger partial charge on any atom is -0.497 e. The number of carbonyl (C=O) groups is 1. The first kappa shape index (κ1) is 19.1. The Kier molecular flexibility index (Phi) is 5.55. The molecule has 1 saturated heterocycles. The van der Waals surface area contributed by atoms with Crippen molar-refractivity contribution in [2.45, 2.75) is 38.6 Å². The van der Waals surface area contributed by atoms with Crippen LogP contribution < -0.4 is 4.74 Å². The van der Waals surface area contributed by atoms with Gasteiger partial charge in [-0.15, -0.1) is 0 Å². The molecule has 0 aliphatic carbocycles. The zero-order chi connectivity index (χ0) is 20.2. The number of imidazole rings is 1. The van der Waals surface area contributed by atoms with Gasteiger partial charge in [0.25, 0.3) is 0 Å². The number of aromatic nitrogens is 4. The lowest BCUT2D eigenvalue weighted by molar-refractivity contribution is -0.132. The molecule has 1 aliphatic rings. The number of methoxy groups -OCH3 is 1. The number of rotatable bonds is 6. The average Bonchev–Trinajstić information content (AvgIpc) is 3.41. The molecule has 0 saturated carbocycles. The van der Waals surface area contributed by atoms with E-state index in [1.165, 1.54) is 0 Å². The van der Waals surface area contributed by atoms with Crippen molar-refractivity contribution in [3.05, 3.63) is 66.1 Å². The zero-order valence-corrected chi connectivity index (χ0v) is 16.8. The van der Waals surface area contributed by atoms with Crippen molar-refractivity contribution in [3.63, 3.8) is 0 Å². The molecular formula is C22H25N5O2. The lowest BCUT2D eigenvalue weighted by atomic mass is 10.1. The molecule has 1 amide bonds. The number of carbonyl (C=O) groups excluding carboxylic acids is 1. The van der Waals surface area contributed by atoms with Gasteiger partial charge in [0, 0.05) is 25.4 Å². The second-order valence-electron chi connectivity index (χ2n) is 7.24. The van der Waals surface area contributed by atoms with Crippen LogP contribution in [0.25, 0.3) is 5.82 Å². The summed E-state index contributed by atoms with van der Waals surface area (Å²) < 4.78 is 7.09. The Morgan fingerprint density at radius 2 is 2.07 bits per heavy atom. The molecule has 3 aromatic rings. The molecule has 0 radical (unpaired) electrons. The standard InChI is InChI=1S/C22H25N5O2/c1-16-24-11-13-26(16)21-15-23-14-19(25-21)20-4-3-12-27(20)22(28)10-7-17-5-8-18(29-2)9-6-17/h5-6,8-9,11,13-15,20H,3-4,7,10,12H2,1-2H3/t20-/m1/s1. The van der Waals surface area contributed by atoms with E-state index in [-0.39, 0.29) is 11.9 Å². The van der Waals surface area contributed by atoms with Crippen LogP contribution in [0.3, 0.4) is 0 Å². The Morgan fingerprint density at radius 1 is 1.24 bits per heavy atom. The van der Waals surface area contributed by atoms with Crippen LogP contribution in [0.15, 0.2) is 49.1 Å². The van der Waals surface area contributed by atoms with Crippen LogP contribution in [0.2, 0.25) is 0 Å². The SMILES string of the molecule is COc1ccc(CCC(=O)N2CCC[C@@H]2c2cncc(-n3ccnc3C)n2)cc1. The highest BCUT2D eigenvalue weighted by Gasteiger charge is 2.31. The largest absolute Gasteiger partial charge is 0.497 e. The van der Waals surface area contributed by atoms with Crippen molar-refractivity contribution in [2.24, 2.45) is 0 Å². The smallest absolute Gasteiger partial charge is 0.223 e. The van der Waals surface area contributed by atoms with Gasteiger partial charge in [-0.05, 0) is 43.9 Å². The van der Waals surface area contributed by atoms with Crippen LogP contribution >= 0.6 is 0 Å². The third-order valence-corrected chi connectivity index (χ3v) is 5.41. The summed E-state index contributed by atoms with van der Waals surface area (Å²) in [6, 6.07) is 7.86. The number of likely N-dealkylation sites (tertiary alicyclic amines) is 1. The van der Waals surface area contributed by atoms with Crippen molar-refractivity contribution in [2.75, 3.05) is 13.7 Å². The Bertz CT molecular complexity index is 983. The zero-order valence-electron chi connectivity index (χ0n) is 16.8. The van der Waals surface area contributed by atoms with Gasteiger partial charge in [-0.1, -0.05) is 12.1 Å². The van der Waals surface area contributed by atoms with E-state index in [9.17, 15) is 4.79 Å². The summed E-state index contributed by atoms with van der Waals surface area (Å²) in [6.07, 6.45) is 10.2. The summed E-state index contributed by atoms with van der Waals surface area (Å²) in [5.74, 6) is 2.57. The van der Waals surface area contributed by atoms with Gasteiger partial charge in [-0.25, -0.2) is 9.97 Å². The van der Waals surface area contributed by atoms with E-state index in [1.54, 1.807) is 25.7 Å². The maximum absolute atomic E-state index is 12.9. The summed E-state index contributed by atoms with van der Waals surface area (Å²) in [5.41, 5.74) is 1.97. The first-order chi connectivity index (χ1) is 14.2. The summed E-state index contributed by atoms with van der Waals surface area (Å²) >= 11 is 0. The Morgan fingerprint density at radius 3 is 2.79 bits per heavy atom. The molecule has 4 rings (SSSR count). The van der Waals surface area contributed by atoms with E-state index in [1.807, 2.05) is 46.9 Å². The molecular weight excluding hydrogens is 366 g/mol. The molecule has 3 heterocycles. The first-order valence-corrected chi connectivity index (χ1v) is 9.90. The van der Waals surface area contributed by atoms with Crippen LogP contribution in [0, 0.1) is 6.92 Å². The van der Waals surface area contributed by atoms with E-state index in [0.29, 0.717) is 12.8 Å². The summed E-state index contributed by atoms with van der Waals surface area (Å²) in [7, 11) is 1.65. The van der Waals surface area contributed by atoms with E-state index in [4.69, 9.17) is 9.72 Å². The number of hydrogen-bond acceptors (Lipinski definition) is 5. The predicted octanol–water partition coefficient (Wildman–Crippen LogP) is 3.28. The van der Waals surface area contributed by atoms with Crippen LogP contribution in [0.5, 0.6) is 5.75 Å². The molecule has 1 aromatic carbocycles. The molecule has 0 N–H and O–H groups in total. The molecule has 0 bridgehead atoms. The highest BCUT2D eigenvalue weighted by molar-refractivity contribution is 5.77. The Labute approximate surface area is 170 Å². The van der Waals surface area contributed by atoms with E-state index >= 15 is 0 Å². The molecule has 7 heteroatoms. The highest BCUT2D eigenvalue weighted by Crippen LogP contribution is 2.31. The lowest BCUT2D eigenvalue weighted by Gasteiger charge is -2.24. The van der Waals surface area contributed by atoms with Gasteiger partial charge in [0.2, 0.25) is 5.91 Å². The fourth-order valence-corrected chi connectivity index (χ4v) is 3.83. The van der Waals surface area contributed by atoms with Gasteiger partial charge in [-0.2, -0.15) is 0 Å². The molecule has 1 atom stereocenters. The third kappa shape index (κ3) is 4.13. The lowest BCUT2D eigenvalue weighted by Crippen LogP contribution is -2.31. The average molecular weight is 391 g/mol. The van der Waals surface area contributed by atoms with Crippen molar-refractivity contribution < 1.29 is 9.53 Å². The van der Waals surface area contributed by atoms with Crippen LogP contribution in [0.1, 0.15) is 42.4 Å². The summed E-state index contributed by atoms with van der Waals surface area (Å²) in [5, 5.41) is 0. The molecule has 2 aromatic heterocycles.